The maximum absolute atomic E-state index is 11.1. The molecule has 0 radical (unpaired) electrons. The number of hydroxylamine groups is 1. The summed E-state index contributed by atoms with van der Waals surface area (Å²) in [4.78, 5) is 0.663. The molecule has 0 saturated carbocycles. The van der Waals surface area contributed by atoms with Crippen LogP contribution >= 0.6 is 0 Å². The number of nitrogens with zero attached hydrogens (tertiary/aromatic N) is 2. The topological polar surface area (TPSA) is 50.5 Å². The quantitative estimate of drug-likeness (QED) is 0.470. The number of anilines is 1. The average molecular weight is 221 g/mol. The van der Waals surface area contributed by atoms with E-state index in [9.17, 15) is 5.21 Å². The third-order valence-electron chi connectivity index (χ3n) is 2.28. The predicted octanol–water partition coefficient (Wildman–Crippen LogP) is 3.51. The highest BCUT2D eigenvalue weighted by atomic mass is 16.5. The number of hydrogen-bond donors (Lipinski definition) is 1. The average Bonchev–Trinajstić information content (AvgIpc) is 2.27. The molecule has 0 fully saturated rings. The van der Waals surface area contributed by atoms with Gasteiger partial charge in [-0.2, -0.15) is 4.86 Å². The maximum Gasteiger partial charge on any atom is 0.146 e. The summed E-state index contributed by atoms with van der Waals surface area (Å²) >= 11 is 0. The van der Waals surface area contributed by atoms with Crippen molar-refractivity contribution in [2.24, 2.45) is 5.22 Å². The number of rotatable bonds is 5. The van der Waals surface area contributed by atoms with Crippen LogP contribution < -0.4 is 5.43 Å². The third kappa shape index (κ3) is 3.88. The minimum atomic E-state index is 0.414. The van der Waals surface area contributed by atoms with Crippen LogP contribution in [-0.2, 0) is 0 Å². The summed E-state index contributed by atoms with van der Waals surface area (Å²) < 4.78 is 0. The Morgan fingerprint density at radius 1 is 1.31 bits per heavy atom. The summed E-state index contributed by atoms with van der Waals surface area (Å²) in [5.74, 6) is 0.516. The lowest BCUT2D eigenvalue weighted by Crippen LogP contribution is -2.04. The molecule has 0 aliphatic carbocycles. The second-order valence-electron chi connectivity index (χ2n) is 4.06. The first kappa shape index (κ1) is 12.5. The van der Waals surface area contributed by atoms with Crippen LogP contribution in [0, 0.1) is 5.21 Å². The molecule has 0 aromatic heterocycles. The van der Waals surface area contributed by atoms with Crippen molar-refractivity contribution in [2.75, 3.05) is 12.0 Å². The van der Waals surface area contributed by atoms with Gasteiger partial charge in [0, 0.05) is 0 Å². The first-order valence-electron chi connectivity index (χ1n) is 5.64. The van der Waals surface area contributed by atoms with E-state index >= 15 is 0 Å². The molecule has 16 heavy (non-hydrogen) atoms. The van der Waals surface area contributed by atoms with Gasteiger partial charge in [0.1, 0.15) is 12.2 Å². The van der Waals surface area contributed by atoms with E-state index in [1.807, 2.05) is 31.2 Å². The molecule has 88 valence electrons. The number of benzene rings is 1. The van der Waals surface area contributed by atoms with E-state index in [4.69, 9.17) is 0 Å². The summed E-state index contributed by atoms with van der Waals surface area (Å²) in [6, 6.07) is 7.94. The van der Waals surface area contributed by atoms with Crippen LogP contribution in [0.3, 0.4) is 0 Å². The Morgan fingerprint density at radius 2 is 1.94 bits per heavy atom. The molecular formula is C12H19N3O. The zero-order valence-electron chi connectivity index (χ0n) is 10.1. The summed E-state index contributed by atoms with van der Waals surface area (Å²) in [6.07, 6.45) is 0.793. The maximum atomic E-state index is 11.1. The minimum absolute atomic E-state index is 0.414. The zero-order valence-corrected chi connectivity index (χ0v) is 10.1. The normalized spacial score (nSPS) is 11.9. The van der Waals surface area contributed by atoms with Gasteiger partial charge >= 0.3 is 0 Å². The highest BCUT2D eigenvalue weighted by Crippen LogP contribution is 2.16. The van der Waals surface area contributed by atoms with E-state index < -0.39 is 0 Å². The molecular weight excluding hydrogens is 202 g/mol. The second-order valence-corrected chi connectivity index (χ2v) is 4.06. The molecule has 0 heterocycles. The molecule has 4 nitrogen and oxygen atoms in total. The van der Waals surface area contributed by atoms with Crippen molar-refractivity contribution < 1.29 is 4.86 Å². The van der Waals surface area contributed by atoms with E-state index in [2.05, 4.69) is 24.5 Å². The molecule has 0 amide bonds. The van der Waals surface area contributed by atoms with Crippen LogP contribution in [0.4, 0.5) is 5.69 Å². The minimum Gasteiger partial charge on any atom is -0.696 e. The molecule has 1 N–H and O–H groups in total. The Bertz CT molecular complexity index is 344. The van der Waals surface area contributed by atoms with Crippen molar-refractivity contribution >= 4 is 5.69 Å². The van der Waals surface area contributed by atoms with Crippen molar-refractivity contribution in [1.29, 1.82) is 0 Å². The van der Waals surface area contributed by atoms with Crippen LogP contribution in [0.25, 0.3) is 0 Å². The standard InChI is InChI=1S/C12H19N3O/c1-4-9-15(16)14-13-12-7-5-11(6-8-12)10(2)3/h5-8,10,13H,4,9H2,1-3H3. The fourth-order valence-electron chi connectivity index (χ4n) is 1.30. The van der Waals surface area contributed by atoms with Gasteiger partial charge in [0.25, 0.3) is 0 Å². The highest BCUT2D eigenvalue weighted by Gasteiger charge is 2.00. The molecule has 0 aliphatic rings. The molecule has 4 heteroatoms. The van der Waals surface area contributed by atoms with Crippen molar-refractivity contribution in [1.82, 2.24) is 0 Å². The Hall–Kier alpha value is -1.58. The van der Waals surface area contributed by atoms with E-state index in [1.165, 1.54) is 5.56 Å². The fraction of sp³-hybridized carbons (Fsp3) is 0.500. The van der Waals surface area contributed by atoms with Crippen LogP contribution in [0.1, 0.15) is 38.7 Å². The van der Waals surface area contributed by atoms with Crippen LogP contribution in [0.5, 0.6) is 0 Å². The largest absolute Gasteiger partial charge is 0.696 e. The monoisotopic (exact) mass is 221 g/mol. The van der Waals surface area contributed by atoms with Crippen molar-refractivity contribution in [3.63, 3.8) is 0 Å². The molecule has 0 bridgehead atoms. The molecule has 0 unspecified atom stereocenters. The predicted molar refractivity (Wildman–Crippen MR) is 65.4 cm³/mol. The van der Waals surface area contributed by atoms with Crippen LogP contribution in [0.15, 0.2) is 29.5 Å². The highest BCUT2D eigenvalue weighted by molar-refractivity contribution is 5.44. The van der Waals surface area contributed by atoms with Crippen molar-refractivity contribution in [3.8, 4) is 0 Å². The van der Waals surface area contributed by atoms with Gasteiger partial charge in [0.15, 0.2) is 0 Å². The Morgan fingerprint density at radius 3 is 2.44 bits per heavy atom. The zero-order chi connectivity index (χ0) is 12.0. The van der Waals surface area contributed by atoms with Gasteiger partial charge in [-0.05, 0) is 30.0 Å². The molecule has 1 rings (SSSR count). The molecule has 1 aromatic rings. The number of hydrogen-bond acceptors (Lipinski definition) is 2. The molecule has 0 spiro atoms. The van der Waals surface area contributed by atoms with Gasteiger partial charge in [-0.3, -0.25) is 0 Å². The fourth-order valence-corrected chi connectivity index (χ4v) is 1.30. The molecule has 0 aliphatic heterocycles. The Labute approximate surface area is 96.5 Å². The van der Waals surface area contributed by atoms with E-state index in [1.54, 1.807) is 0 Å². The van der Waals surface area contributed by atoms with E-state index in [-0.39, 0.29) is 0 Å². The third-order valence-corrected chi connectivity index (χ3v) is 2.28. The lowest BCUT2D eigenvalue weighted by molar-refractivity contribution is -0.528. The summed E-state index contributed by atoms with van der Waals surface area (Å²) in [5, 5.41) is 14.8. The van der Waals surface area contributed by atoms with Crippen LogP contribution in [-0.4, -0.2) is 11.4 Å². The van der Waals surface area contributed by atoms with Gasteiger partial charge in [-0.25, -0.2) is 0 Å². The van der Waals surface area contributed by atoms with Gasteiger partial charge in [-0.1, -0.05) is 32.9 Å². The summed E-state index contributed by atoms with van der Waals surface area (Å²) in [5.41, 5.74) is 4.84. The van der Waals surface area contributed by atoms with E-state index in [0.717, 1.165) is 12.1 Å². The van der Waals surface area contributed by atoms with Crippen molar-refractivity contribution in [2.45, 2.75) is 33.1 Å². The molecule has 1 aromatic carbocycles. The van der Waals surface area contributed by atoms with Gasteiger partial charge in [-0.15, -0.1) is 5.43 Å². The van der Waals surface area contributed by atoms with Gasteiger partial charge < -0.3 is 5.21 Å². The SMILES string of the molecule is CCC[N+]([O-])=NNc1ccc(C(C)C)cc1. The Kier molecular flexibility index (Phi) is 4.76. The van der Waals surface area contributed by atoms with Crippen LogP contribution in [0.2, 0.25) is 0 Å². The summed E-state index contributed by atoms with van der Waals surface area (Å²) in [7, 11) is 0. The Balaban J connectivity index is 2.59. The second kappa shape index (κ2) is 6.10. The number of nitrogens with one attached hydrogen (secondary N) is 1. The summed E-state index contributed by atoms with van der Waals surface area (Å²) in [6.45, 7) is 6.65. The van der Waals surface area contributed by atoms with Gasteiger partial charge in [0.2, 0.25) is 0 Å². The van der Waals surface area contributed by atoms with Gasteiger partial charge in [0.05, 0.1) is 5.22 Å². The first-order chi connectivity index (χ1) is 7.63. The first-order valence-corrected chi connectivity index (χ1v) is 5.64. The smallest absolute Gasteiger partial charge is 0.146 e. The lowest BCUT2D eigenvalue weighted by Gasteiger charge is -2.05. The van der Waals surface area contributed by atoms with Crippen molar-refractivity contribution in [3.05, 3.63) is 35.0 Å². The lowest BCUT2D eigenvalue weighted by atomic mass is 10.0. The molecule has 0 atom stereocenters. The molecule has 0 saturated heterocycles. The van der Waals surface area contributed by atoms with E-state index in [0.29, 0.717) is 17.3 Å².